The summed E-state index contributed by atoms with van der Waals surface area (Å²) in [6.07, 6.45) is 2.09. The third-order valence-electron chi connectivity index (χ3n) is 7.47. The van der Waals surface area contributed by atoms with Crippen LogP contribution in [0.4, 0.5) is 0 Å². The number of fused-ring (bicyclic) bond motifs is 1. The van der Waals surface area contributed by atoms with Crippen molar-refractivity contribution in [3.63, 3.8) is 0 Å². The number of benzene rings is 4. The maximum atomic E-state index is 6.46. The molecule has 2 atom stereocenters. The van der Waals surface area contributed by atoms with Crippen LogP contribution in [-0.2, 0) is 22.7 Å². The van der Waals surface area contributed by atoms with Crippen LogP contribution in [-0.4, -0.2) is 32.4 Å². The van der Waals surface area contributed by atoms with E-state index < -0.39 is 0 Å². The van der Waals surface area contributed by atoms with Gasteiger partial charge in [0.2, 0.25) is 0 Å². The van der Waals surface area contributed by atoms with E-state index in [4.69, 9.17) is 14.2 Å². The zero-order valence-electron chi connectivity index (χ0n) is 22.6. The minimum atomic E-state index is 0.149. The molecule has 0 saturated carbocycles. The van der Waals surface area contributed by atoms with Crippen molar-refractivity contribution < 1.29 is 14.2 Å². The van der Waals surface area contributed by atoms with Crippen LogP contribution in [0.2, 0.25) is 0 Å². The van der Waals surface area contributed by atoms with Gasteiger partial charge in [0.1, 0.15) is 5.75 Å². The maximum Gasteiger partial charge on any atom is 0.119 e. The van der Waals surface area contributed by atoms with Gasteiger partial charge in [0, 0.05) is 18.9 Å². The monoisotopic (exact) mass is 509 g/mol. The van der Waals surface area contributed by atoms with Crippen molar-refractivity contribution in [2.45, 2.75) is 51.9 Å². The molecule has 0 aliphatic carbocycles. The second-order valence-electron chi connectivity index (χ2n) is 10.4. The standard InChI is InChI=1S/C34H39NO3/c1-25-8-10-31(26(2)20-25)24-36-18-5-19-37-32-14-12-29(13-15-32)33-16-17-35-22-34(33)38-23-27-9-11-28-6-3-4-7-30(28)21-27/h3-4,6-15,20-21,33-35H,5,16-19,22-24H2,1-2H3. The van der Waals surface area contributed by atoms with E-state index in [9.17, 15) is 0 Å². The molecule has 4 aromatic rings. The van der Waals surface area contributed by atoms with Crippen molar-refractivity contribution in [3.05, 3.63) is 113 Å². The summed E-state index contributed by atoms with van der Waals surface area (Å²) in [7, 11) is 0. The number of hydrogen-bond donors (Lipinski definition) is 1. The van der Waals surface area contributed by atoms with E-state index in [1.807, 2.05) is 0 Å². The van der Waals surface area contributed by atoms with Crippen LogP contribution in [0.15, 0.2) is 84.9 Å². The van der Waals surface area contributed by atoms with E-state index in [1.54, 1.807) is 0 Å². The lowest BCUT2D eigenvalue weighted by molar-refractivity contribution is 0.0106. The van der Waals surface area contributed by atoms with Gasteiger partial charge in [-0.1, -0.05) is 72.3 Å². The van der Waals surface area contributed by atoms with Gasteiger partial charge in [0.15, 0.2) is 0 Å². The molecule has 1 aliphatic rings. The van der Waals surface area contributed by atoms with E-state index in [0.717, 1.165) is 31.7 Å². The molecule has 0 bridgehead atoms. The van der Waals surface area contributed by atoms with Crippen LogP contribution < -0.4 is 10.1 Å². The lowest BCUT2D eigenvalue weighted by Crippen LogP contribution is -2.40. The zero-order valence-corrected chi connectivity index (χ0v) is 22.6. The molecule has 4 nitrogen and oxygen atoms in total. The summed E-state index contributed by atoms with van der Waals surface area (Å²) in [5, 5.41) is 6.03. The van der Waals surface area contributed by atoms with Crippen LogP contribution in [0.5, 0.6) is 5.75 Å². The Balaban J connectivity index is 1.07. The molecule has 1 N–H and O–H groups in total. The van der Waals surface area contributed by atoms with E-state index in [0.29, 0.717) is 32.3 Å². The lowest BCUT2D eigenvalue weighted by atomic mass is 9.87. The molecular weight excluding hydrogens is 470 g/mol. The highest BCUT2D eigenvalue weighted by atomic mass is 16.5. The summed E-state index contributed by atoms with van der Waals surface area (Å²) in [4.78, 5) is 0. The van der Waals surface area contributed by atoms with Crippen molar-refractivity contribution in [3.8, 4) is 5.75 Å². The van der Waals surface area contributed by atoms with Crippen LogP contribution >= 0.6 is 0 Å². The third kappa shape index (κ3) is 7.02. The minimum Gasteiger partial charge on any atom is -0.494 e. The van der Waals surface area contributed by atoms with E-state index in [-0.39, 0.29) is 6.10 Å². The Labute approximate surface area is 226 Å². The average Bonchev–Trinajstić information content (AvgIpc) is 2.95. The highest BCUT2D eigenvalue weighted by Gasteiger charge is 2.27. The molecule has 0 amide bonds. The Hall–Kier alpha value is -3.18. The van der Waals surface area contributed by atoms with Crippen LogP contribution in [0, 0.1) is 13.8 Å². The second-order valence-corrected chi connectivity index (χ2v) is 10.4. The minimum absolute atomic E-state index is 0.149. The molecule has 5 rings (SSSR count). The summed E-state index contributed by atoms with van der Waals surface area (Å²) in [5.41, 5.74) is 6.37. The van der Waals surface area contributed by atoms with Crippen molar-refractivity contribution in [2.75, 3.05) is 26.3 Å². The van der Waals surface area contributed by atoms with Gasteiger partial charge in [-0.2, -0.15) is 0 Å². The summed E-state index contributed by atoms with van der Waals surface area (Å²) < 4.78 is 18.3. The fraction of sp³-hybridized carbons (Fsp3) is 0.353. The highest BCUT2D eigenvalue weighted by molar-refractivity contribution is 5.82. The normalized spacial score (nSPS) is 17.5. The predicted molar refractivity (Wildman–Crippen MR) is 155 cm³/mol. The van der Waals surface area contributed by atoms with Gasteiger partial charge in [-0.25, -0.2) is 0 Å². The maximum absolute atomic E-state index is 6.46. The first-order valence-corrected chi connectivity index (χ1v) is 13.8. The molecule has 1 saturated heterocycles. The molecule has 4 heteroatoms. The van der Waals surface area contributed by atoms with Crippen molar-refractivity contribution in [2.24, 2.45) is 0 Å². The average molecular weight is 510 g/mol. The van der Waals surface area contributed by atoms with Crippen molar-refractivity contribution in [1.82, 2.24) is 5.32 Å². The van der Waals surface area contributed by atoms with E-state index in [1.165, 1.54) is 38.6 Å². The molecule has 4 aromatic carbocycles. The van der Waals surface area contributed by atoms with Gasteiger partial charge >= 0.3 is 0 Å². The molecule has 38 heavy (non-hydrogen) atoms. The molecular formula is C34H39NO3. The Bertz CT molecular complexity index is 1320. The first-order chi connectivity index (χ1) is 18.7. The van der Waals surface area contributed by atoms with E-state index in [2.05, 4.69) is 104 Å². The first kappa shape index (κ1) is 26.4. The molecule has 0 spiro atoms. The Morgan fingerprint density at radius 1 is 0.816 bits per heavy atom. The van der Waals surface area contributed by atoms with Crippen LogP contribution in [0.3, 0.4) is 0 Å². The molecule has 0 aromatic heterocycles. The van der Waals surface area contributed by atoms with Crippen LogP contribution in [0.25, 0.3) is 10.8 Å². The SMILES string of the molecule is Cc1ccc(COCCCOc2ccc(C3CCNCC3OCc3ccc4ccccc4c3)cc2)c(C)c1. The fourth-order valence-electron chi connectivity index (χ4n) is 5.27. The molecule has 1 heterocycles. The second kappa shape index (κ2) is 13.1. The predicted octanol–water partition coefficient (Wildman–Crippen LogP) is 7.10. The Kier molecular flexibility index (Phi) is 9.08. The summed E-state index contributed by atoms with van der Waals surface area (Å²) in [6, 6.07) is 30.2. The van der Waals surface area contributed by atoms with Gasteiger partial charge in [0.05, 0.1) is 32.5 Å². The van der Waals surface area contributed by atoms with Gasteiger partial charge in [-0.3, -0.25) is 0 Å². The van der Waals surface area contributed by atoms with Gasteiger partial charge in [-0.05, 0) is 78.0 Å². The molecule has 1 aliphatic heterocycles. The number of rotatable bonds is 11. The van der Waals surface area contributed by atoms with Crippen molar-refractivity contribution >= 4 is 10.8 Å². The lowest BCUT2D eigenvalue weighted by Gasteiger charge is -2.32. The Morgan fingerprint density at radius 2 is 1.66 bits per heavy atom. The zero-order chi connectivity index (χ0) is 26.2. The number of nitrogens with one attached hydrogen (secondary N) is 1. The molecule has 2 unspecified atom stereocenters. The van der Waals surface area contributed by atoms with Gasteiger partial charge < -0.3 is 19.5 Å². The largest absolute Gasteiger partial charge is 0.494 e. The highest BCUT2D eigenvalue weighted by Crippen LogP contribution is 2.30. The Morgan fingerprint density at radius 3 is 2.50 bits per heavy atom. The van der Waals surface area contributed by atoms with Gasteiger partial charge in [-0.15, -0.1) is 0 Å². The first-order valence-electron chi connectivity index (χ1n) is 13.8. The van der Waals surface area contributed by atoms with E-state index >= 15 is 0 Å². The smallest absolute Gasteiger partial charge is 0.119 e. The fourth-order valence-corrected chi connectivity index (χ4v) is 5.27. The van der Waals surface area contributed by atoms with Gasteiger partial charge in [0.25, 0.3) is 0 Å². The summed E-state index contributed by atoms with van der Waals surface area (Å²) in [5.74, 6) is 1.29. The van der Waals surface area contributed by atoms with Crippen LogP contribution in [0.1, 0.15) is 46.6 Å². The molecule has 198 valence electrons. The summed E-state index contributed by atoms with van der Waals surface area (Å²) >= 11 is 0. The summed E-state index contributed by atoms with van der Waals surface area (Å²) in [6.45, 7) is 8.77. The third-order valence-corrected chi connectivity index (χ3v) is 7.47. The quantitative estimate of drug-likeness (QED) is 0.219. The topological polar surface area (TPSA) is 39.7 Å². The number of ether oxygens (including phenoxy) is 3. The number of aryl methyl sites for hydroxylation is 2. The molecule has 0 radical (unpaired) electrons. The number of piperidine rings is 1. The number of hydrogen-bond acceptors (Lipinski definition) is 4. The van der Waals surface area contributed by atoms with Crippen molar-refractivity contribution in [1.29, 1.82) is 0 Å². The molecule has 1 fully saturated rings.